The molecule has 0 amide bonds. The first-order chi connectivity index (χ1) is 2.89. The van der Waals surface area contributed by atoms with Crippen LogP contribution >= 0.6 is 17.0 Å². The molecule has 1 saturated heterocycles. The standard InChI is InChI=1S/C5H11N.BrH/c1-5-3-2-4-6-5;/h5-6H,2-4H2,1H3;1H/t5-;/m0./s1. The predicted octanol–water partition coefficient (Wildman–Crippen LogP) is 1.34. The summed E-state index contributed by atoms with van der Waals surface area (Å²) in [7, 11) is 0. The third-order valence-corrected chi connectivity index (χ3v) is 1.31. The van der Waals surface area contributed by atoms with Gasteiger partial charge in [0.1, 0.15) is 0 Å². The van der Waals surface area contributed by atoms with Crippen molar-refractivity contribution < 1.29 is 0 Å². The van der Waals surface area contributed by atoms with Gasteiger partial charge in [-0.25, -0.2) is 0 Å². The van der Waals surface area contributed by atoms with E-state index in [-0.39, 0.29) is 17.0 Å². The first kappa shape index (κ1) is 7.44. The number of halogens is 1. The van der Waals surface area contributed by atoms with Crippen molar-refractivity contribution in [2.24, 2.45) is 0 Å². The summed E-state index contributed by atoms with van der Waals surface area (Å²) in [5.41, 5.74) is 0. The lowest BCUT2D eigenvalue weighted by Gasteiger charge is -1.95. The van der Waals surface area contributed by atoms with Gasteiger partial charge in [0.25, 0.3) is 0 Å². The van der Waals surface area contributed by atoms with Gasteiger partial charge in [-0.3, -0.25) is 0 Å². The fourth-order valence-electron chi connectivity index (χ4n) is 0.859. The molecular weight excluding hydrogens is 154 g/mol. The summed E-state index contributed by atoms with van der Waals surface area (Å²) in [5, 5.41) is 3.32. The van der Waals surface area contributed by atoms with E-state index in [4.69, 9.17) is 0 Å². The van der Waals surface area contributed by atoms with E-state index in [2.05, 4.69) is 12.2 Å². The van der Waals surface area contributed by atoms with Crippen molar-refractivity contribution in [3.05, 3.63) is 0 Å². The SMILES string of the molecule is Br.C[C@H]1CCCN1. The Bertz CT molecular complexity index is 41.3. The molecule has 0 aromatic rings. The summed E-state index contributed by atoms with van der Waals surface area (Å²) in [5.74, 6) is 0. The number of hydrogen-bond acceptors (Lipinski definition) is 1. The van der Waals surface area contributed by atoms with Crippen LogP contribution in [0.4, 0.5) is 0 Å². The smallest absolute Gasteiger partial charge is 0.00391 e. The lowest BCUT2D eigenvalue weighted by molar-refractivity contribution is 0.664. The monoisotopic (exact) mass is 165 g/mol. The minimum atomic E-state index is 0. The van der Waals surface area contributed by atoms with E-state index in [9.17, 15) is 0 Å². The van der Waals surface area contributed by atoms with Gasteiger partial charge in [0.05, 0.1) is 0 Å². The molecule has 1 N–H and O–H groups in total. The van der Waals surface area contributed by atoms with Gasteiger partial charge in [-0.05, 0) is 26.3 Å². The Morgan fingerprint density at radius 1 is 1.57 bits per heavy atom. The molecule has 0 aromatic heterocycles. The van der Waals surface area contributed by atoms with Crippen molar-refractivity contribution in [1.82, 2.24) is 5.32 Å². The molecule has 0 radical (unpaired) electrons. The molecule has 2 heteroatoms. The third-order valence-electron chi connectivity index (χ3n) is 1.31. The molecule has 7 heavy (non-hydrogen) atoms. The molecule has 1 nitrogen and oxygen atoms in total. The van der Waals surface area contributed by atoms with Crippen molar-refractivity contribution in [2.45, 2.75) is 25.8 Å². The van der Waals surface area contributed by atoms with Gasteiger partial charge >= 0.3 is 0 Å². The van der Waals surface area contributed by atoms with Crippen LogP contribution in [0.2, 0.25) is 0 Å². The molecule has 0 aliphatic carbocycles. The Kier molecular flexibility index (Phi) is 3.66. The normalized spacial score (nSPS) is 29.6. The van der Waals surface area contributed by atoms with E-state index < -0.39 is 0 Å². The maximum atomic E-state index is 3.32. The van der Waals surface area contributed by atoms with Gasteiger partial charge in [0.15, 0.2) is 0 Å². The van der Waals surface area contributed by atoms with Crippen LogP contribution in [0.15, 0.2) is 0 Å². The molecule has 44 valence electrons. The zero-order valence-electron chi connectivity index (χ0n) is 4.61. The molecular formula is C5H12BrN. The Hall–Kier alpha value is 0.440. The lowest BCUT2D eigenvalue weighted by atomic mass is 10.3. The van der Waals surface area contributed by atoms with Crippen LogP contribution < -0.4 is 5.32 Å². The Balaban J connectivity index is 0.000000360. The average Bonchev–Trinajstić information content (AvgIpc) is 1.86. The van der Waals surface area contributed by atoms with Gasteiger partial charge in [-0.15, -0.1) is 17.0 Å². The third kappa shape index (κ3) is 2.29. The highest BCUT2D eigenvalue weighted by Gasteiger charge is 2.05. The topological polar surface area (TPSA) is 12.0 Å². The van der Waals surface area contributed by atoms with Crippen molar-refractivity contribution in [2.75, 3.05) is 6.54 Å². The van der Waals surface area contributed by atoms with Crippen molar-refractivity contribution in [1.29, 1.82) is 0 Å². The Morgan fingerprint density at radius 2 is 2.29 bits per heavy atom. The van der Waals surface area contributed by atoms with Crippen LogP contribution in [0.5, 0.6) is 0 Å². The maximum Gasteiger partial charge on any atom is 0.00391 e. The quantitative estimate of drug-likeness (QED) is 0.572. The van der Waals surface area contributed by atoms with Gasteiger partial charge < -0.3 is 5.32 Å². The molecule has 1 fully saturated rings. The molecule has 1 rings (SSSR count). The van der Waals surface area contributed by atoms with E-state index in [1.54, 1.807) is 0 Å². The van der Waals surface area contributed by atoms with Crippen LogP contribution in [-0.2, 0) is 0 Å². The highest BCUT2D eigenvalue weighted by atomic mass is 79.9. The molecule has 0 unspecified atom stereocenters. The van der Waals surface area contributed by atoms with E-state index in [0.29, 0.717) is 0 Å². The fraction of sp³-hybridized carbons (Fsp3) is 1.00. The molecule has 1 aliphatic heterocycles. The highest BCUT2D eigenvalue weighted by Crippen LogP contribution is 2.01. The second-order valence-corrected chi connectivity index (χ2v) is 2.00. The summed E-state index contributed by atoms with van der Waals surface area (Å²) in [4.78, 5) is 0. The second-order valence-electron chi connectivity index (χ2n) is 2.00. The first-order valence-electron chi connectivity index (χ1n) is 2.63. The highest BCUT2D eigenvalue weighted by molar-refractivity contribution is 8.93. The minimum Gasteiger partial charge on any atom is -0.314 e. The number of rotatable bonds is 0. The number of nitrogens with one attached hydrogen (secondary N) is 1. The second kappa shape index (κ2) is 3.44. The zero-order valence-corrected chi connectivity index (χ0v) is 6.32. The minimum absolute atomic E-state index is 0. The Morgan fingerprint density at radius 3 is 2.43 bits per heavy atom. The van der Waals surface area contributed by atoms with E-state index in [1.807, 2.05) is 0 Å². The first-order valence-corrected chi connectivity index (χ1v) is 2.63. The molecule has 1 heterocycles. The summed E-state index contributed by atoms with van der Waals surface area (Å²) in [6.45, 7) is 3.47. The summed E-state index contributed by atoms with van der Waals surface area (Å²) in [6.07, 6.45) is 2.75. The maximum absolute atomic E-state index is 3.32. The fourth-order valence-corrected chi connectivity index (χ4v) is 0.859. The molecule has 1 aliphatic rings. The predicted molar refractivity (Wildman–Crippen MR) is 37.0 cm³/mol. The van der Waals surface area contributed by atoms with Crippen LogP contribution in [0.1, 0.15) is 19.8 Å². The van der Waals surface area contributed by atoms with Gasteiger partial charge in [0, 0.05) is 6.04 Å². The molecule has 0 spiro atoms. The molecule has 0 aromatic carbocycles. The molecule has 0 bridgehead atoms. The van der Waals surface area contributed by atoms with E-state index >= 15 is 0 Å². The van der Waals surface area contributed by atoms with Gasteiger partial charge in [-0.2, -0.15) is 0 Å². The molecule has 0 saturated carbocycles. The Labute approximate surface area is 55.3 Å². The zero-order chi connectivity index (χ0) is 4.41. The summed E-state index contributed by atoms with van der Waals surface area (Å²) < 4.78 is 0. The lowest BCUT2D eigenvalue weighted by Crippen LogP contribution is -2.16. The van der Waals surface area contributed by atoms with Gasteiger partial charge in [0.2, 0.25) is 0 Å². The van der Waals surface area contributed by atoms with Crippen LogP contribution in [0, 0.1) is 0 Å². The van der Waals surface area contributed by atoms with Crippen LogP contribution in [0.3, 0.4) is 0 Å². The van der Waals surface area contributed by atoms with E-state index in [0.717, 1.165) is 6.04 Å². The van der Waals surface area contributed by atoms with Crippen molar-refractivity contribution >= 4 is 17.0 Å². The summed E-state index contributed by atoms with van der Waals surface area (Å²) in [6, 6.07) is 0.796. The van der Waals surface area contributed by atoms with Crippen LogP contribution in [-0.4, -0.2) is 12.6 Å². The van der Waals surface area contributed by atoms with Crippen molar-refractivity contribution in [3.8, 4) is 0 Å². The van der Waals surface area contributed by atoms with Crippen LogP contribution in [0.25, 0.3) is 0 Å². The number of hydrogen-bond donors (Lipinski definition) is 1. The van der Waals surface area contributed by atoms with E-state index in [1.165, 1.54) is 19.4 Å². The van der Waals surface area contributed by atoms with Gasteiger partial charge in [-0.1, -0.05) is 0 Å². The van der Waals surface area contributed by atoms with Crippen molar-refractivity contribution in [3.63, 3.8) is 0 Å². The molecule has 1 atom stereocenters. The average molecular weight is 166 g/mol. The largest absolute Gasteiger partial charge is 0.314 e. The summed E-state index contributed by atoms with van der Waals surface area (Å²) >= 11 is 0.